The van der Waals surface area contributed by atoms with Crippen LogP contribution < -0.4 is 4.74 Å². The number of nitrogens with zero attached hydrogens (tertiary/aromatic N) is 9. The molecule has 4 heterocycles. The molecule has 1 aromatic carbocycles. The highest BCUT2D eigenvalue weighted by molar-refractivity contribution is 5.84. The molecular weight excluding hydrogens is 410 g/mol. The lowest BCUT2D eigenvalue weighted by Gasteiger charge is -2.35. The Hall–Kier alpha value is -3.18. The number of fused-ring (bicyclic) bond motifs is 3. The molecule has 0 spiro atoms. The number of hydrogen-bond acceptors (Lipinski definition) is 9. The van der Waals surface area contributed by atoms with E-state index in [1.807, 2.05) is 22.9 Å². The first kappa shape index (κ1) is 20.7. The summed E-state index contributed by atoms with van der Waals surface area (Å²) >= 11 is 0. The lowest BCUT2D eigenvalue weighted by molar-refractivity contribution is 0.0208. The van der Waals surface area contributed by atoms with Crippen molar-refractivity contribution in [2.45, 2.75) is 38.8 Å². The number of rotatable bonds is 6. The van der Waals surface area contributed by atoms with Crippen LogP contribution in [0.15, 0.2) is 24.3 Å². The summed E-state index contributed by atoms with van der Waals surface area (Å²) in [5, 5.41) is 26.6. The lowest BCUT2D eigenvalue weighted by atomic mass is 9.98. The monoisotopic (exact) mass is 437 g/mol. The average Bonchev–Trinajstić information content (AvgIpc) is 3.50. The maximum atomic E-state index is 5.63. The van der Waals surface area contributed by atoms with E-state index in [1.165, 1.54) is 0 Å². The molecule has 0 aliphatic carbocycles. The quantitative estimate of drug-likeness (QED) is 0.446. The molecule has 1 saturated heterocycles. The van der Waals surface area contributed by atoms with Gasteiger partial charge in [-0.1, -0.05) is 6.92 Å². The highest BCUT2D eigenvalue weighted by Crippen LogP contribution is 2.35. The fourth-order valence-corrected chi connectivity index (χ4v) is 4.20. The normalized spacial score (nSPS) is 16.6. The molecule has 0 amide bonds. The van der Waals surface area contributed by atoms with Crippen molar-refractivity contribution in [3.63, 3.8) is 0 Å². The number of ether oxygens (including phenoxy) is 2. The molecule has 11 heteroatoms. The Balaban J connectivity index is 1.76. The molecule has 168 valence electrons. The van der Waals surface area contributed by atoms with E-state index in [1.54, 1.807) is 11.6 Å². The van der Waals surface area contributed by atoms with Crippen molar-refractivity contribution >= 4 is 16.6 Å². The van der Waals surface area contributed by atoms with Crippen molar-refractivity contribution in [2.24, 2.45) is 0 Å². The van der Waals surface area contributed by atoms with Gasteiger partial charge in [-0.15, -0.1) is 10.2 Å². The second-order valence-electron chi connectivity index (χ2n) is 8.60. The minimum Gasteiger partial charge on any atom is -0.497 e. The third-order valence-electron chi connectivity index (χ3n) is 6.39. The number of aromatic nitrogens is 8. The Morgan fingerprint density at radius 2 is 1.88 bits per heavy atom. The Morgan fingerprint density at radius 1 is 1.09 bits per heavy atom. The van der Waals surface area contributed by atoms with Gasteiger partial charge in [0.15, 0.2) is 11.5 Å². The molecule has 4 aromatic rings. The highest BCUT2D eigenvalue weighted by Gasteiger charge is 2.35. The molecule has 0 radical (unpaired) electrons. The first-order valence-electron chi connectivity index (χ1n) is 10.8. The SMILES string of the molecule is CCC(C)(C)n1nnnc1[C@@H](c1cc2ccc(OC)cc2n2nnnc12)N1CCOCC1. The maximum absolute atomic E-state index is 5.63. The number of morpholine rings is 1. The van der Waals surface area contributed by atoms with Gasteiger partial charge in [0.25, 0.3) is 0 Å². The van der Waals surface area contributed by atoms with Crippen LogP contribution >= 0.6 is 0 Å². The molecule has 11 nitrogen and oxygen atoms in total. The zero-order valence-corrected chi connectivity index (χ0v) is 18.8. The summed E-state index contributed by atoms with van der Waals surface area (Å²) in [5.74, 6) is 1.52. The van der Waals surface area contributed by atoms with Crippen LogP contribution in [-0.2, 0) is 10.3 Å². The number of hydrogen-bond donors (Lipinski definition) is 0. The largest absolute Gasteiger partial charge is 0.497 e. The summed E-state index contributed by atoms with van der Waals surface area (Å²) in [7, 11) is 1.65. The zero-order valence-electron chi connectivity index (χ0n) is 18.8. The standard InChI is InChI=1S/C21H27N9O2/c1-5-21(2,3)30-20(23-25-27-30)18(28-8-10-32-11-9-28)16-12-14-6-7-15(31-4)13-17(14)29-19(16)22-24-26-29/h6-7,12-13,18H,5,8-11H2,1-4H3/t18-/m1/s1. The molecule has 1 atom stereocenters. The van der Waals surface area contributed by atoms with E-state index in [9.17, 15) is 0 Å². The van der Waals surface area contributed by atoms with Crippen molar-refractivity contribution in [1.29, 1.82) is 0 Å². The summed E-state index contributed by atoms with van der Waals surface area (Å²) < 4.78 is 14.7. The number of pyridine rings is 1. The first-order valence-corrected chi connectivity index (χ1v) is 10.8. The van der Waals surface area contributed by atoms with Gasteiger partial charge in [0.1, 0.15) is 11.8 Å². The second kappa shape index (κ2) is 8.06. The Morgan fingerprint density at radius 3 is 2.62 bits per heavy atom. The predicted molar refractivity (Wildman–Crippen MR) is 117 cm³/mol. The Labute approximate surface area is 185 Å². The van der Waals surface area contributed by atoms with Crippen molar-refractivity contribution in [3.05, 3.63) is 35.7 Å². The molecule has 0 N–H and O–H groups in total. The third kappa shape index (κ3) is 3.37. The van der Waals surface area contributed by atoms with Crippen LogP contribution in [0.4, 0.5) is 0 Å². The van der Waals surface area contributed by atoms with Gasteiger partial charge in [0, 0.05) is 30.1 Å². The highest BCUT2D eigenvalue weighted by atomic mass is 16.5. The second-order valence-corrected chi connectivity index (χ2v) is 8.60. The Kier molecular flexibility index (Phi) is 5.22. The van der Waals surface area contributed by atoms with Crippen molar-refractivity contribution < 1.29 is 9.47 Å². The van der Waals surface area contributed by atoms with Crippen LogP contribution in [0.1, 0.15) is 44.6 Å². The molecule has 1 aliphatic rings. The maximum Gasteiger partial charge on any atom is 0.185 e. The summed E-state index contributed by atoms with van der Waals surface area (Å²) in [6.07, 6.45) is 0.889. The molecule has 1 fully saturated rings. The fourth-order valence-electron chi connectivity index (χ4n) is 4.20. The zero-order chi connectivity index (χ0) is 22.3. The van der Waals surface area contributed by atoms with Gasteiger partial charge in [0.05, 0.1) is 31.4 Å². The van der Waals surface area contributed by atoms with Crippen LogP contribution in [-0.4, -0.2) is 78.6 Å². The molecule has 0 saturated carbocycles. The van der Waals surface area contributed by atoms with Gasteiger partial charge in [0.2, 0.25) is 0 Å². The van der Waals surface area contributed by atoms with Gasteiger partial charge in [-0.25, -0.2) is 4.68 Å². The number of benzene rings is 1. The topological polar surface area (TPSA) is 108 Å². The van der Waals surface area contributed by atoms with Crippen LogP contribution in [0.25, 0.3) is 16.6 Å². The van der Waals surface area contributed by atoms with Crippen LogP contribution in [0, 0.1) is 0 Å². The molecule has 0 unspecified atom stereocenters. The number of methoxy groups -OCH3 is 1. The van der Waals surface area contributed by atoms with E-state index in [0.29, 0.717) is 18.9 Å². The van der Waals surface area contributed by atoms with Crippen molar-refractivity contribution in [2.75, 3.05) is 33.4 Å². The summed E-state index contributed by atoms with van der Waals surface area (Å²) in [6, 6.07) is 7.82. The van der Waals surface area contributed by atoms with Gasteiger partial charge in [-0.2, -0.15) is 4.52 Å². The molecule has 32 heavy (non-hydrogen) atoms. The Bertz CT molecular complexity index is 1240. The molecule has 3 aromatic heterocycles. The van der Waals surface area contributed by atoms with E-state index in [0.717, 1.165) is 47.6 Å². The van der Waals surface area contributed by atoms with E-state index < -0.39 is 0 Å². The fraction of sp³-hybridized carbons (Fsp3) is 0.524. The number of tetrazole rings is 2. The van der Waals surface area contributed by atoms with Crippen molar-refractivity contribution in [3.8, 4) is 5.75 Å². The van der Waals surface area contributed by atoms with E-state index in [2.05, 4.69) is 62.8 Å². The molecule has 5 rings (SSSR count). The first-order chi connectivity index (χ1) is 15.5. The molecular formula is C21H27N9O2. The van der Waals surface area contributed by atoms with Gasteiger partial charge in [-0.05, 0) is 59.3 Å². The van der Waals surface area contributed by atoms with Gasteiger partial charge < -0.3 is 9.47 Å². The van der Waals surface area contributed by atoms with Gasteiger partial charge in [-0.3, -0.25) is 4.90 Å². The molecule has 0 bridgehead atoms. The lowest BCUT2D eigenvalue weighted by Crippen LogP contribution is -2.42. The summed E-state index contributed by atoms with van der Waals surface area (Å²) in [6.45, 7) is 9.26. The predicted octanol–water partition coefficient (Wildman–Crippen LogP) is 1.84. The third-order valence-corrected chi connectivity index (χ3v) is 6.39. The minimum absolute atomic E-state index is 0.222. The van der Waals surface area contributed by atoms with Crippen LogP contribution in [0.3, 0.4) is 0 Å². The summed E-state index contributed by atoms with van der Waals surface area (Å²) in [4.78, 5) is 2.34. The average molecular weight is 438 g/mol. The van der Waals surface area contributed by atoms with E-state index >= 15 is 0 Å². The summed E-state index contributed by atoms with van der Waals surface area (Å²) in [5.41, 5.74) is 2.27. The van der Waals surface area contributed by atoms with Crippen LogP contribution in [0.5, 0.6) is 5.75 Å². The molecule has 1 aliphatic heterocycles. The van der Waals surface area contributed by atoms with Gasteiger partial charge >= 0.3 is 0 Å². The minimum atomic E-state index is -0.240. The smallest absolute Gasteiger partial charge is 0.185 e. The van der Waals surface area contributed by atoms with E-state index in [4.69, 9.17) is 9.47 Å². The van der Waals surface area contributed by atoms with E-state index in [-0.39, 0.29) is 11.6 Å². The van der Waals surface area contributed by atoms with Crippen molar-refractivity contribution in [1.82, 2.24) is 45.1 Å². The van der Waals surface area contributed by atoms with Crippen LogP contribution in [0.2, 0.25) is 0 Å².